The van der Waals surface area contributed by atoms with Crippen LogP contribution in [-0.2, 0) is 16.6 Å². The number of anilines is 4. The zero-order valence-electron chi connectivity index (χ0n) is 24.9. The van der Waals surface area contributed by atoms with Gasteiger partial charge in [-0.3, -0.25) is 14.4 Å². The number of carbonyl (C=O) groups excluding carboxylic acids is 1. The fourth-order valence-electron chi connectivity index (χ4n) is 6.07. The molecule has 4 aromatic rings. The number of hydrogen-bond acceptors (Lipinski definition) is 9. The van der Waals surface area contributed by atoms with E-state index in [1.165, 1.54) is 12.4 Å². The molecule has 2 aromatic carbocycles. The lowest BCUT2D eigenvalue weighted by atomic mass is 10.0. The van der Waals surface area contributed by atoms with Crippen LogP contribution >= 0.6 is 0 Å². The number of methoxy groups -OCH3 is 1. The lowest BCUT2D eigenvalue weighted by molar-refractivity contribution is -0.111. The summed E-state index contributed by atoms with van der Waals surface area (Å²) in [6, 6.07) is 12.4. The third-order valence-electron chi connectivity index (χ3n) is 8.33. The van der Waals surface area contributed by atoms with Crippen molar-refractivity contribution in [3.8, 4) is 17.0 Å². The second kappa shape index (κ2) is 12.4. The Balaban J connectivity index is 1.25. The van der Waals surface area contributed by atoms with Gasteiger partial charge < -0.3 is 25.0 Å². The minimum Gasteiger partial charge on any atom is -0.494 e. The summed E-state index contributed by atoms with van der Waals surface area (Å²) in [5.74, 6) is 0.973. The average molecular weight is 583 g/mol. The minimum atomic E-state index is -0.273. The number of hydrogen-bond donors (Lipinski definition) is 2. The molecule has 0 saturated carbocycles. The number of morpholine rings is 1. The summed E-state index contributed by atoms with van der Waals surface area (Å²) in [4.78, 5) is 26.3. The molecule has 0 radical (unpaired) electrons. The average Bonchev–Trinajstić information content (AvgIpc) is 3.41. The summed E-state index contributed by atoms with van der Waals surface area (Å²) in [5, 5.41) is 11.8. The predicted octanol–water partition coefficient (Wildman–Crippen LogP) is 4.60. The molecule has 0 bridgehead atoms. The summed E-state index contributed by atoms with van der Waals surface area (Å²) in [7, 11) is 3.57. The molecular weight excluding hydrogens is 544 g/mol. The van der Waals surface area contributed by atoms with Gasteiger partial charge in [0.25, 0.3) is 0 Å². The van der Waals surface area contributed by atoms with E-state index in [-0.39, 0.29) is 12.0 Å². The Labute approximate surface area is 251 Å². The van der Waals surface area contributed by atoms with Crippen LogP contribution in [0.4, 0.5) is 22.9 Å². The number of benzene rings is 2. The number of nitrogens with zero attached hydrogens (tertiary/aromatic N) is 6. The van der Waals surface area contributed by atoms with E-state index in [1.807, 2.05) is 48.3 Å². The van der Waals surface area contributed by atoms with Crippen LogP contribution in [0.3, 0.4) is 0 Å². The number of piperidine rings is 1. The normalized spacial score (nSPS) is 18.0. The van der Waals surface area contributed by atoms with E-state index in [1.54, 1.807) is 7.11 Å². The summed E-state index contributed by atoms with van der Waals surface area (Å²) in [6.07, 6.45) is 7.01. The summed E-state index contributed by atoms with van der Waals surface area (Å²) in [5.41, 5.74) is 5.06. The fraction of sp³-hybridized carbons (Fsp3) is 0.375. The monoisotopic (exact) mass is 582 g/mol. The van der Waals surface area contributed by atoms with E-state index in [0.29, 0.717) is 29.0 Å². The van der Waals surface area contributed by atoms with Gasteiger partial charge in [-0.15, -0.1) is 0 Å². The predicted molar refractivity (Wildman–Crippen MR) is 169 cm³/mol. The van der Waals surface area contributed by atoms with Gasteiger partial charge in [-0.2, -0.15) is 5.10 Å². The quantitative estimate of drug-likeness (QED) is 0.288. The highest BCUT2D eigenvalue weighted by molar-refractivity contribution is 6.02. The first-order valence-electron chi connectivity index (χ1n) is 14.7. The molecule has 11 heteroatoms. The van der Waals surface area contributed by atoms with Gasteiger partial charge in [0.15, 0.2) is 0 Å². The van der Waals surface area contributed by atoms with Crippen LogP contribution in [0.25, 0.3) is 22.2 Å². The van der Waals surface area contributed by atoms with Gasteiger partial charge in [-0.1, -0.05) is 12.6 Å². The van der Waals surface area contributed by atoms with E-state index < -0.39 is 0 Å². The minimum absolute atomic E-state index is 0.271. The molecule has 2 aromatic heterocycles. The third kappa shape index (κ3) is 6.18. The third-order valence-corrected chi connectivity index (χ3v) is 8.33. The maximum atomic E-state index is 12.5. The van der Waals surface area contributed by atoms with Crippen LogP contribution < -0.4 is 20.3 Å². The van der Waals surface area contributed by atoms with Gasteiger partial charge in [0, 0.05) is 62.4 Å². The number of fused-ring (bicyclic) bond motifs is 1. The summed E-state index contributed by atoms with van der Waals surface area (Å²) >= 11 is 0. The second-order valence-corrected chi connectivity index (χ2v) is 11.1. The Kier molecular flexibility index (Phi) is 8.26. The van der Waals surface area contributed by atoms with E-state index >= 15 is 0 Å². The first-order valence-corrected chi connectivity index (χ1v) is 14.7. The molecule has 4 heterocycles. The standard InChI is InChI=1S/C32H38N8O3/c1-5-32(41)37-26-15-27(36-31-16-25(33-20-34-31)22-6-7-28-23(14-22)18-35-38(28)3)30(42-4)17-29(26)39-10-8-24(9-11-39)40-12-13-43-21(2)19-40/h5-7,14-18,20-21,24H,1,8-13,19H2,2-4H3,(H,37,41)(H,33,34,36)/t21-/m1/s1. The molecule has 0 unspecified atom stereocenters. The van der Waals surface area contributed by atoms with Crippen LogP contribution in [0.15, 0.2) is 61.6 Å². The van der Waals surface area contributed by atoms with Gasteiger partial charge in [-0.25, -0.2) is 9.97 Å². The van der Waals surface area contributed by atoms with Crippen molar-refractivity contribution in [1.29, 1.82) is 0 Å². The number of amides is 1. The maximum absolute atomic E-state index is 12.5. The van der Waals surface area contributed by atoms with Crippen molar-refractivity contribution in [2.75, 3.05) is 55.4 Å². The Morgan fingerprint density at radius 3 is 2.72 bits per heavy atom. The van der Waals surface area contributed by atoms with Crippen LogP contribution in [0, 0.1) is 0 Å². The number of carbonyl (C=O) groups is 1. The topological polar surface area (TPSA) is 110 Å². The first kappa shape index (κ1) is 28.6. The van der Waals surface area contributed by atoms with Crippen LogP contribution in [-0.4, -0.2) is 82.6 Å². The van der Waals surface area contributed by atoms with Gasteiger partial charge in [0.2, 0.25) is 5.91 Å². The van der Waals surface area contributed by atoms with Crippen molar-refractivity contribution in [1.82, 2.24) is 24.6 Å². The summed E-state index contributed by atoms with van der Waals surface area (Å²) in [6.45, 7) is 10.3. The van der Waals surface area contributed by atoms with Crippen LogP contribution in [0.5, 0.6) is 5.75 Å². The van der Waals surface area contributed by atoms with Crippen molar-refractivity contribution in [3.05, 3.63) is 61.6 Å². The zero-order chi connectivity index (χ0) is 29.9. The second-order valence-electron chi connectivity index (χ2n) is 11.1. The van der Waals surface area contributed by atoms with Crippen LogP contribution in [0.2, 0.25) is 0 Å². The summed E-state index contributed by atoms with van der Waals surface area (Å²) < 4.78 is 13.4. The molecule has 11 nitrogen and oxygen atoms in total. The number of aryl methyl sites for hydroxylation is 1. The Hall–Kier alpha value is -4.48. The van der Waals surface area contributed by atoms with Gasteiger partial charge in [0.05, 0.1) is 54.3 Å². The van der Waals surface area contributed by atoms with Crippen molar-refractivity contribution in [2.45, 2.75) is 31.9 Å². The van der Waals surface area contributed by atoms with E-state index in [0.717, 1.165) is 73.5 Å². The number of aromatic nitrogens is 4. The van der Waals surface area contributed by atoms with E-state index in [4.69, 9.17) is 9.47 Å². The van der Waals surface area contributed by atoms with Gasteiger partial charge in [0.1, 0.15) is 17.9 Å². The number of ether oxygens (including phenoxy) is 2. The lowest BCUT2D eigenvalue weighted by Gasteiger charge is -2.42. The van der Waals surface area contributed by atoms with E-state index in [9.17, 15) is 4.79 Å². The molecule has 2 fully saturated rings. The molecular formula is C32H38N8O3. The van der Waals surface area contributed by atoms with Gasteiger partial charge in [-0.05, 0) is 44.0 Å². The molecule has 2 aliphatic rings. The smallest absolute Gasteiger partial charge is 0.247 e. The molecule has 1 atom stereocenters. The first-order chi connectivity index (χ1) is 20.9. The highest BCUT2D eigenvalue weighted by Crippen LogP contribution is 2.40. The largest absolute Gasteiger partial charge is 0.494 e. The molecule has 2 aliphatic heterocycles. The Morgan fingerprint density at radius 2 is 1.95 bits per heavy atom. The molecule has 2 saturated heterocycles. The van der Waals surface area contributed by atoms with Crippen molar-refractivity contribution in [3.63, 3.8) is 0 Å². The lowest BCUT2D eigenvalue weighted by Crippen LogP contribution is -2.51. The fourth-order valence-corrected chi connectivity index (χ4v) is 6.07. The zero-order valence-corrected chi connectivity index (χ0v) is 24.9. The SMILES string of the molecule is C=CC(=O)Nc1cc(Nc2cc(-c3ccc4c(cnn4C)c3)ncn2)c(OC)cc1N1CCC(N2CCO[C@H](C)C2)CC1. The molecule has 0 aliphatic carbocycles. The number of nitrogens with one attached hydrogen (secondary N) is 2. The molecule has 1 amide bonds. The highest BCUT2D eigenvalue weighted by Gasteiger charge is 2.29. The van der Waals surface area contributed by atoms with Crippen molar-refractivity contribution < 1.29 is 14.3 Å². The molecule has 6 rings (SSSR count). The van der Waals surface area contributed by atoms with Crippen molar-refractivity contribution >= 4 is 39.7 Å². The molecule has 0 spiro atoms. The van der Waals surface area contributed by atoms with E-state index in [2.05, 4.69) is 55.1 Å². The van der Waals surface area contributed by atoms with Gasteiger partial charge >= 0.3 is 0 Å². The van der Waals surface area contributed by atoms with Crippen molar-refractivity contribution in [2.24, 2.45) is 7.05 Å². The molecule has 43 heavy (non-hydrogen) atoms. The number of rotatable bonds is 8. The Morgan fingerprint density at radius 1 is 1.12 bits per heavy atom. The van der Waals surface area contributed by atoms with Crippen LogP contribution in [0.1, 0.15) is 19.8 Å². The molecule has 2 N–H and O–H groups in total. The Bertz CT molecular complexity index is 1630. The molecule has 224 valence electrons. The highest BCUT2D eigenvalue weighted by atomic mass is 16.5. The maximum Gasteiger partial charge on any atom is 0.247 e.